The highest BCUT2D eigenvalue weighted by Crippen LogP contribution is 2.38. The number of hydrogen-bond donors (Lipinski definition) is 1. The van der Waals surface area contributed by atoms with Crippen LogP contribution in [0.15, 0.2) is 93.7 Å². The molecule has 1 saturated carbocycles. The second-order valence-electron chi connectivity index (χ2n) is 14.1. The van der Waals surface area contributed by atoms with E-state index in [0.717, 1.165) is 49.8 Å². The van der Waals surface area contributed by atoms with Crippen molar-refractivity contribution in [1.82, 2.24) is 10.2 Å². The van der Waals surface area contributed by atoms with Crippen molar-refractivity contribution in [2.75, 3.05) is 6.54 Å². The van der Waals surface area contributed by atoms with E-state index in [-0.39, 0.29) is 28.6 Å². The molecule has 2 aliphatic rings. The van der Waals surface area contributed by atoms with Crippen molar-refractivity contribution < 1.29 is 14.0 Å². The first-order valence-corrected chi connectivity index (χ1v) is 17.1. The van der Waals surface area contributed by atoms with Crippen LogP contribution in [0.4, 0.5) is 0 Å². The number of amides is 2. The molecular formula is C40H43ClN2O4. The molecule has 6 nitrogen and oxygen atoms in total. The lowest BCUT2D eigenvalue weighted by Crippen LogP contribution is -2.36. The van der Waals surface area contributed by atoms with Crippen molar-refractivity contribution in [1.29, 1.82) is 0 Å². The molecular weight excluding hydrogens is 608 g/mol. The molecule has 1 aliphatic carbocycles. The number of halogens is 1. The topological polar surface area (TPSA) is 79.6 Å². The zero-order valence-electron chi connectivity index (χ0n) is 27.5. The third-order valence-corrected chi connectivity index (χ3v) is 9.85. The van der Waals surface area contributed by atoms with E-state index in [2.05, 4.69) is 56.4 Å². The van der Waals surface area contributed by atoms with Crippen LogP contribution in [-0.2, 0) is 23.2 Å². The number of likely N-dealkylation sites (tertiary alicyclic amines) is 1. The Kier molecular flexibility index (Phi) is 9.70. The minimum absolute atomic E-state index is 0.00214. The average molecular weight is 651 g/mol. The maximum Gasteiger partial charge on any atom is 0.287 e. The molecule has 47 heavy (non-hydrogen) atoms. The van der Waals surface area contributed by atoms with Crippen LogP contribution in [0.2, 0.25) is 5.02 Å². The van der Waals surface area contributed by atoms with E-state index < -0.39 is 5.91 Å². The fourth-order valence-corrected chi connectivity index (χ4v) is 7.03. The molecule has 2 heterocycles. The molecule has 1 aliphatic heterocycles. The summed E-state index contributed by atoms with van der Waals surface area (Å²) in [6, 6.07) is 22.8. The van der Waals surface area contributed by atoms with Crippen LogP contribution in [0.25, 0.3) is 11.0 Å². The number of hydrogen-bond acceptors (Lipinski definition) is 4. The van der Waals surface area contributed by atoms with Crippen molar-refractivity contribution in [3.05, 3.63) is 128 Å². The van der Waals surface area contributed by atoms with E-state index in [1.165, 1.54) is 22.8 Å². The van der Waals surface area contributed by atoms with Crippen LogP contribution in [0.5, 0.6) is 0 Å². The number of benzene rings is 3. The smallest absolute Gasteiger partial charge is 0.287 e. The molecule has 0 bridgehead atoms. The van der Waals surface area contributed by atoms with Crippen LogP contribution in [0.1, 0.15) is 98.0 Å². The van der Waals surface area contributed by atoms with Gasteiger partial charge in [0.2, 0.25) is 5.91 Å². The van der Waals surface area contributed by atoms with Crippen LogP contribution < -0.4 is 10.7 Å². The Morgan fingerprint density at radius 2 is 1.74 bits per heavy atom. The van der Waals surface area contributed by atoms with Gasteiger partial charge in [-0.05, 0) is 96.4 Å². The summed E-state index contributed by atoms with van der Waals surface area (Å²) in [7, 11) is 0. The second kappa shape index (κ2) is 13.9. The minimum Gasteiger partial charge on any atom is -0.451 e. The molecule has 0 radical (unpaired) electrons. The van der Waals surface area contributed by atoms with E-state index in [1.807, 2.05) is 41.3 Å². The van der Waals surface area contributed by atoms with Crippen molar-refractivity contribution in [3.63, 3.8) is 0 Å². The number of nitrogens with zero attached hydrogens (tertiary/aromatic N) is 1. The van der Waals surface area contributed by atoms with Crippen LogP contribution in [-0.4, -0.2) is 29.3 Å². The van der Waals surface area contributed by atoms with Crippen LogP contribution in [0.3, 0.4) is 0 Å². The SMILES string of the molecule is CC(C)(C)c1ccc2oc(C(=O)N[C@@H](C=C3CCC(c4ccccc4CN4CCCC4=O)CC3)Cc3ccc(Cl)cc3)cc(=O)c2c1. The molecule has 2 fully saturated rings. The van der Waals surface area contributed by atoms with Gasteiger partial charge in [-0.1, -0.05) is 86.5 Å². The normalized spacial score (nSPS) is 17.6. The summed E-state index contributed by atoms with van der Waals surface area (Å²) in [6.07, 6.45) is 8.23. The van der Waals surface area contributed by atoms with E-state index in [1.54, 1.807) is 6.07 Å². The van der Waals surface area contributed by atoms with E-state index in [0.29, 0.717) is 41.3 Å². The molecule has 7 heteroatoms. The lowest BCUT2D eigenvalue weighted by atomic mass is 9.79. The van der Waals surface area contributed by atoms with Gasteiger partial charge in [-0.15, -0.1) is 0 Å². The fraction of sp³-hybridized carbons (Fsp3) is 0.375. The molecule has 4 aromatic rings. The van der Waals surface area contributed by atoms with E-state index in [9.17, 15) is 14.4 Å². The highest BCUT2D eigenvalue weighted by atomic mass is 35.5. The highest BCUT2D eigenvalue weighted by Gasteiger charge is 2.26. The number of allylic oxidation sites excluding steroid dienone is 1. The first kappa shape index (κ1) is 32.8. The van der Waals surface area contributed by atoms with E-state index >= 15 is 0 Å². The van der Waals surface area contributed by atoms with Gasteiger partial charge in [0.1, 0.15) is 5.58 Å². The van der Waals surface area contributed by atoms with Crippen LogP contribution in [0, 0.1) is 0 Å². The van der Waals surface area contributed by atoms with Crippen molar-refractivity contribution >= 4 is 34.4 Å². The van der Waals surface area contributed by atoms with Gasteiger partial charge in [0.15, 0.2) is 11.2 Å². The zero-order valence-corrected chi connectivity index (χ0v) is 28.2. The molecule has 3 aromatic carbocycles. The lowest BCUT2D eigenvalue weighted by Gasteiger charge is -2.28. The van der Waals surface area contributed by atoms with Crippen molar-refractivity contribution in [3.8, 4) is 0 Å². The molecule has 1 atom stereocenters. The van der Waals surface area contributed by atoms with Crippen molar-refractivity contribution in [2.45, 2.75) is 89.6 Å². The molecule has 1 saturated heterocycles. The van der Waals surface area contributed by atoms with Crippen molar-refractivity contribution in [2.24, 2.45) is 0 Å². The third-order valence-electron chi connectivity index (χ3n) is 9.59. The summed E-state index contributed by atoms with van der Waals surface area (Å²) in [4.78, 5) is 41.0. The summed E-state index contributed by atoms with van der Waals surface area (Å²) in [5.74, 6) is 0.261. The van der Waals surface area contributed by atoms with Gasteiger partial charge < -0.3 is 14.6 Å². The predicted molar refractivity (Wildman–Crippen MR) is 188 cm³/mol. The van der Waals surface area contributed by atoms with Gasteiger partial charge in [0, 0.05) is 30.6 Å². The molecule has 1 aromatic heterocycles. The summed E-state index contributed by atoms with van der Waals surface area (Å²) in [5, 5.41) is 4.28. The minimum atomic E-state index is -0.418. The summed E-state index contributed by atoms with van der Waals surface area (Å²) in [5.41, 5.74) is 6.03. The number of carbonyl (C=O) groups excluding carboxylic acids is 2. The van der Waals surface area contributed by atoms with Gasteiger partial charge in [-0.2, -0.15) is 0 Å². The Morgan fingerprint density at radius 3 is 2.45 bits per heavy atom. The maximum absolute atomic E-state index is 13.6. The molecule has 244 valence electrons. The summed E-state index contributed by atoms with van der Waals surface area (Å²) >= 11 is 6.15. The second-order valence-corrected chi connectivity index (χ2v) is 14.5. The quantitative estimate of drug-likeness (QED) is 0.194. The average Bonchev–Trinajstić information content (AvgIpc) is 3.45. The number of nitrogens with one attached hydrogen (secondary N) is 1. The molecule has 2 amide bonds. The number of fused-ring (bicyclic) bond motifs is 1. The summed E-state index contributed by atoms with van der Waals surface area (Å²) < 4.78 is 5.98. The monoisotopic (exact) mass is 650 g/mol. The summed E-state index contributed by atoms with van der Waals surface area (Å²) in [6.45, 7) is 7.81. The highest BCUT2D eigenvalue weighted by molar-refractivity contribution is 6.30. The Balaban J connectivity index is 1.19. The third kappa shape index (κ3) is 7.87. The number of carbonyl (C=O) groups is 2. The Morgan fingerprint density at radius 1 is 1.00 bits per heavy atom. The standard InChI is InChI=1S/C40H43ClN2O4/c1-40(2,3)30-16-19-36-34(23-30)35(44)24-37(47-36)39(46)42-32(22-27-12-17-31(41)18-13-27)21-26-10-14-28(15-11-26)33-8-5-4-7-29(33)25-43-20-6-9-38(43)45/h4-5,7-8,12-13,16-19,21,23-24,28,32H,6,9-11,14-15,20,22,25H2,1-3H3,(H,42,46)/t28?,32-/m0/s1. The van der Waals surface area contributed by atoms with Gasteiger partial charge >= 0.3 is 0 Å². The van der Waals surface area contributed by atoms with Gasteiger partial charge in [-0.3, -0.25) is 14.4 Å². The zero-order chi connectivity index (χ0) is 33.1. The maximum atomic E-state index is 13.6. The van der Waals surface area contributed by atoms with Gasteiger partial charge in [0.25, 0.3) is 5.91 Å². The lowest BCUT2D eigenvalue weighted by molar-refractivity contribution is -0.128. The van der Waals surface area contributed by atoms with E-state index in [4.69, 9.17) is 16.0 Å². The molecule has 6 rings (SSSR count). The van der Waals surface area contributed by atoms with Gasteiger partial charge in [0.05, 0.1) is 11.4 Å². The Hall–Kier alpha value is -4.16. The van der Waals surface area contributed by atoms with Crippen LogP contribution >= 0.6 is 11.6 Å². The fourth-order valence-electron chi connectivity index (χ4n) is 6.90. The molecule has 1 N–H and O–H groups in total. The molecule has 0 spiro atoms. The van der Waals surface area contributed by atoms with Gasteiger partial charge in [-0.25, -0.2) is 0 Å². The first-order chi connectivity index (χ1) is 22.5. The predicted octanol–water partition coefficient (Wildman–Crippen LogP) is 8.49. The number of rotatable bonds is 8. The Bertz CT molecular complexity index is 1860. The Labute approximate surface area is 281 Å². The first-order valence-electron chi connectivity index (χ1n) is 16.7. The largest absolute Gasteiger partial charge is 0.451 e. The molecule has 0 unspecified atom stereocenters.